The summed E-state index contributed by atoms with van der Waals surface area (Å²) >= 11 is 1.40. The van der Waals surface area contributed by atoms with E-state index in [1.807, 2.05) is 29.8 Å². The third-order valence-electron chi connectivity index (χ3n) is 5.25. The number of rotatable bonds is 5. The van der Waals surface area contributed by atoms with Crippen molar-refractivity contribution in [2.24, 2.45) is 0 Å². The summed E-state index contributed by atoms with van der Waals surface area (Å²) in [5, 5.41) is 3.71. The molecule has 1 aromatic rings. The summed E-state index contributed by atoms with van der Waals surface area (Å²) in [5.74, 6) is 0.169. The van der Waals surface area contributed by atoms with Gasteiger partial charge >= 0.3 is 0 Å². The van der Waals surface area contributed by atoms with Gasteiger partial charge in [-0.05, 0) is 51.8 Å². The molecule has 7 heteroatoms. The van der Waals surface area contributed by atoms with Crippen molar-refractivity contribution in [1.82, 2.24) is 20.1 Å². The molecule has 26 heavy (non-hydrogen) atoms. The van der Waals surface area contributed by atoms with E-state index >= 15 is 0 Å². The predicted octanol–water partition coefficient (Wildman–Crippen LogP) is 2.01. The molecule has 0 bridgehead atoms. The highest BCUT2D eigenvalue weighted by molar-refractivity contribution is 8.00. The molecule has 2 aliphatic heterocycles. The molecule has 3 rings (SSSR count). The van der Waals surface area contributed by atoms with Crippen LogP contribution in [0.25, 0.3) is 0 Å². The van der Waals surface area contributed by atoms with E-state index in [9.17, 15) is 9.59 Å². The van der Waals surface area contributed by atoms with Crippen LogP contribution in [-0.2, 0) is 4.79 Å². The van der Waals surface area contributed by atoms with Crippen LogP contribution < -0.4 is 5.32 Å². The molecule has 1 atom stereocenters. The van der Waals surface area contributed by atoms with Gasteiger partial charge in [0.25, 0.3) is 5.91 Å². The van der Waals surface area contributed by atoms with E-state index < -0.39 is 0 Å². The van der Waals surface area contributed by atoms with E-state index in [-0.39, 0.29) is 17.1 Å². The molecule has 1 N–H and O–H groups in total. The number of likely N-dealkylation sites (tertiary alicyclic amines) is 2. The van der Waals surface area contributed by atoms with Gasteiger partial charge in [-0.25, -0.2) is 4.98 Å². The molecule has 6 nitrogen and oxygen atoms in total. The number of hydrogen-bond donors (Lipinski definition) is 1. The lowest BCUT2D eigenvalue weighted by atomic mass is 10.0. The average Bonchev–Trinajstić information content (AvgIpc) is 3.22. The first-order valence-corrected chi connectivity index (χ1v) is 10.3. The summed E-state index contributed by atoms with van der Waals surface area (Å²) < 4.78 is 0. The zero-order valence-corrected chi connectivity index (χ0v) is 16.4. The van der Waals surface area contributed by atoms with Crippen LogP contribution in [0.1, 0.15) is 43.0 Å². The summed E-state index contributed by atoms with van der Waals surface area (Å²) in [5.41, 5.74) is 0.612. The number of pyridine rings is 1. The van der Waals surface area contributed by atoms with Crippen molar-refractivity contribution in [3.63, 3.8) is 0 Å². The Morgan fingerprint density at radius 3 is 2.54 bits per heavy atom. The number of carbonyl (C=O) groups excluding carboxylic acids is 2. The topological polar surface area (TPSA) is 65.5 Å². The van der Waals surface area contributed by atoms with Gasteiger partial charge in [-0.15, -0.1) is 0 Å². The Bertz CT molecular complexity index is 640. The zero-order valence-electron chi connectivity index (χ0n) is 15.6. The molecule has 0 spiro atoms. The molecule has 1 aromatic heterocycles. The summed E-state index contributed by atoms with van der Waals surface area (Å²) in [6, 6.07) is 4.11. The Morgan fingerprint density at radius 1 is 1.19 bits per heavy atom. The monoisotopic (exact) mass is 376 g/mol. The maximum atomic E-state index is 13.0. The maximum Gasteiger partial charge on any atom is 0.256 e. The minimum absolute atomic E-state index is 0.0241. The van der Waals surface area contributed by atoms with Gasteiger partial charge < -0.3 is 15.1 Å². The molecule has 2 fully saturated rings. The predicted molar refractivity (Wildman–Crippen MR) is 103 cm³/mol. The highest BCUT2D eigenvalue weighted by Gasteiger charge is 2.28. The third-order valence-corrected chi connectivity index (χ3v) is 6.35. The number of carbonyl (C=O) groups is 2. The molecule has 2 amide bonds. The summed E-state index contributed by atoms with van der Waals surface area (Å²) in [6.07, 6.45) is 5.79. The fourth-order valence-corrected chi connectivity index (χ4v) is 4.59. The van der Waals surface area contributed by atoms with Crippen LogP contribution in [0.4, 0.5) is 0 Å². The normalized spacial score (nSPS) is 19.6. The Kier molecular flexibility index (Phi) is 6.53. The zero-order chi connectivity index (χ0) is 18.5. The number of nitrogens with one attached hydrogen (secondary N) is 1. The van der Waals surface area contributed by atoms with Gasteiger partial charge in [-0.1, -0.05) is 11.8 Å². The Morgan fingerprint density at radius 2 is 1.88 bits per heavy atom. The van der Waals surface area contributed by atoms with Gasteiger partial charge in [0.15, 0.2) is 0 Å². The SMILES string of the molecule is CNC1CCN(C(=O)c2cccnc2SC(C)C(=O)N2CCCC2)CC1. The van der Waals surface area contributed by atoms with Gasteiger partial charge in [-0.3, -0.25) is 9.59 Å². The van der Waals surface area contributed by atoms with Crippen LogP contribution in [0.5, 0.6) is 0 Å². The minimum Gasteiger partial charge on any atom is -0.342 e. The van der Waals surface area contributed by atoms with Gasteiger partial charge in [0.05, 0.1) is 10.8 Å². The second-order valence-corrected chi connectivity index (χ2v) is 8.33. The van der Waals surface area contributed by atoms with Crippen molar-refractivity contribution in [2.45, 2.75) is 48.9 Å². The molecule has 2 saturated heterocycles. The molecular weight excluding hydrogens is 348 g/mol. The lowest BCUT2D eigenvalue weighted by Crippen LogP contribution is -2.44. The smallest absolute Gasteiger partial charge is 0.256 e. The molecule has 2 aliphatic rings. The van der Waals surface area contributed by atoms with Crippen LogP contribution >= 0.6 is 11.8 Å². The van der Waals surface area contributed by atoms with Crippen molar-refractivity contribution in [3.05, 3.63) is 23.9 Å². The second-order valence-electron chi connectivity index (χ2n) is 7.00. The number of nitrogens with zero attached hydrogens (tertiary/aromatic N) is 3. The molecule has 0 saturated carbocycles. The number of thioether (sulfide) groups is 1. The Balaban J connectivity index is 1.67. The third kappa shape index (κ3) is 4.38. The van der Waals surface area contributed by atoms with Gasteiger partial charge in [0, 0.05) is 38.4 Å². The molecule has 0 radical (unpaired) electrons. The quantitative estimate of drug-likeness (QED) is 0.797. The van der Waals surface area contributed by atoms with Crippen molar-refractivity contribution in [1.29, 1.82) is 0 Å². The van der Waals surface area contributed by atoms with Crippen LogP contribution in [0.2, 0.25) is 0 Å². The Labute approximate surface area is 159 Å². The number of hydrogen-bond acceptors (Lipinski definition) is 5. The summed E-state index contributed by atoms with van der Waals surface area (Å²) in [4.78, 5) is 33.8. The van der Waals surface area contributed by atoms with Crippen molar-refractivity contribution in [2.75, 3.05) is 33.2 Å². The molecular formula is C19H28N4O2S. The van der Waals surface area contributed by atoms with E-state index in [1.165, 1.54) is 11.8 Å². The standard InChI is InChI=1S/C19H28N4O2S/c1-14(18(24)22-10-3-4-11-22)26-17-16(6-5-9-21-17)19(25)23-12-7-15(20-2)8-13-23/h5-6,9,14-15,20H,3-4,7-8,10-13H2,1-2H3. The largest absolute Gasteiger partial charge is 0.342 e. The first-order valence-electron chi connectivity index (χ1n) is 9.47. The number of aromatic nitrogens is 1. The van der Waals surface area contributed by atoms with Crippen LogP contribution in [0.15, 0.2) is 23.4 Å². The van der Waals surface area contributed by atoms with E-state index in [0.29, 0.717) is 16.6 Å². The first-order chi connectivity index (χ1) is 12.6. The first kappa shape index (κ1) is 19.2. The summed E-state index contributed by atoms with van der Waals surface area (Å²) in [6.45, 7) is 5.11. The van der Waals surface area contributed by atoms with E-state index in [4.69, 9.17) is 0 Å². The Hall–Kier alpha value is -1.60. The molecule has 142 valence electrons. The van der Waals surface area contributed by atoms with Crippen molar-refractivity contribution in [3.8, 4) is 0 Å². The molecule has 1 unspecified atom stereocenters. The van der Waals surface area contributed by atoms with Gasteiger partial charge in [-0.2, -0.15) is 0 Å². The average molecular weight is 377 g/mol. The van der Waals surface area contributed by atoms with E-state index in [0.717, 1.165) is 51.9 Å². The lowest BCUT2D eigenvalue weighted by Gasteiger charge is -2.32. The fraction of sp³-hybridized carbons (Fsp3) is 0.632. The van der Waals surface area contributed by atoms with Gasteiger partial charge in [0.1, 0.15) is 5.03 Å². The van der Waals surface area contributed by atoms with Crippen LogP contribution in [0.3, 0.4) is 0 Å². The van der Waals surface area contributed by atoms with Crippen molar-refractivity contribution < 1.29 is 9.59 Å². The van der Waals surface area contributed by atoms with Crippen LogP contribution in [-0.4, -0.2) is 71.1 Å². The van der Waals surface area contributed by atoms with E-state index in [1.54, 1.807) is 12.3 Å². The second kappa shape index (κ2) is 8.86. The fourth-order valence-electron chi connectivity index (χ4n) is 3.60. The molecule has 3 heterocycles. The molecule has 0 aliphatic carbocycles. The molecule has 0 aromatic carbocycles. The highest BCUT2D eigenvalue weighted by atomic mass is 32.2. The number of amides is 2. The summed E-state index contributed by atoms with van der Waals surface area (Å²) in [7, 11) is 1.97. The minimum atomic E-state index is -0.232. The van der Waals surface area contributed by atoms with Gasteiger partial charge in [0.2, 0.25) is 5.91 Å². The number of piperidine rings is 1. The highest BCUT2D eigenvalue weighted by Crippen LogP contribution is 2.28. The van der Waals surface area contributed by atoms with E-state index in [2.05, 4.69) is 10.3 Å². The maximum absolute atomic E-state index is 13.0. The lowest BCUT2D eigenvalue weighted by molar-refractivity contribution is -0.129. The van der Waals surface area contributed by atoms with Crippen molar-refractivity contribution >= 4 is 23.6 Å². The van der Waals surface area contributed by atoms with Crippen LogP contribution in [0, 0.1) is 0 Å².